The maximum atomic E-state index is 11.9. The molecule has 1 aromatic carbocycles. The van der Waals surface area contributed by atoms with Crippen LogP contribution in [0.5, 0.6) is 0 Å². The van der Waals surface area contributed by atoms with Crippen molar-refractivity contribution >= 4 is 12.7 Å². The number of hydrogen-bond donors (Lipinski definition) is 0. The second-order valence-corrected chi connectivity index (χ2v) is 5.57. The normalized spacial score (nSPS) is 15.3. The van der Waals surface area contributed by atoms with Crippen molar-refractivity contribution in [3.63, 3.8) is 0 Å². The van der Waals surface area contributed by atoms with Gasteiger partial charge in [0.2, 0.25) is 7.37 Å². The summed E-state index contributed by atoms with van der Waals surface area (Å²) >= 11 is 0. The van der Waals surface area contributed by atoms with Crippen LogP contribution < -0.4 is 5.30 Å². The Morgan fingerprint density at radius 1 is 1.46 bits per heavy atom. The molecule has 72 valence electrons. The smallest absolute Gasteiger partial charge is 0.229 e. The SMILES string of the molecule is CCOP(C)(=O)c1cccc(C)c1. The lowest BCUT2D eigenvalue weighted by Gasteiger charge is -2.12. The number of rotatable bonds is 3. The average Bonchev–Trinajstić information content (AvgIpc) is 2.04. The predicted octanol–water partition coefficient (Wildman–Crippen LogP) is 2.56. The highest BCUT2D eigenvalue weighted by molar-refractivity contribution is 7.66. The van der Waals surface area contributed by atoms with Gasteiger partial charge in [0.05, 0.1) is 6.61 Å². The zero-order chi connectivity index (χ0) is 9.90. The largest absolute Gasteiger partial charge is 0.326 e. The van der Waals surface area contributed by atoms with Crippen molar-refractivity contribution in [3.8, 4) is 0 Å². The van der Waals surface area contributed by atoms with Crippen LogP contribution in [0.15, 0.2) is 24.3 Å². The van der Waals surface area contributed by atoms with E-state index in [-0.39, 0.29) is 0 Å². The molecule has 0 N–H and O–H groups in total. The molecule has 0 spiro atoms. The zero-order valence-electron chi connectivity index (χ0n) is 8.28. The van der Waals surface area contributed by atoms with Crippen LogP contribution in [0.4, 0.5) is 0 Å². The molecule has 3 heteroatoms. The molecule has 0 saturated heterocycles. The van der Waals surface area contributed by atoms with E-state index < -0.39 is 7.37 Å². The van der Waals surface area contributed by atoms with Crippen molar-refractivity contribution in [3.05, 3.63) is 29.8 Å². The van der Waals surface area contributed by atoms with Crippen molar-refractivity contribution in [2.75, 3.05) is 13.3 Å². The van der Waals surface area contributed by atoms with Crippen LogP contribution in [0.1, 0.15) is 12.5 Å². The van der Waals surface area contributed by atoms with Crippen molar-refractivity contribution in [2.45, 2.75) is 13.8 Å². The lowest BCUT2D eigenvalue weighted by molar-refractivity contribution is 0.345. The van der Waals surface area contributed by atoms with Gasteiger partial charge in [-0.3, -0.25) is 4.57 Å². The standard InChI is InChI=1S/C10H15O2P/c1-4-12-13(3,11)10-7-5-6-9(2)8-10/h5-8H,4H2,1-3H3. The summed E-state index contributed by atoms with van der Waals surface area (Å²) in [4.78, 5) is 0. The molecule has 0 radical (unpaired) electrons. The molecule has 1 rings (SSSR count). The molecule has 0 aliphatic heterocycles. The Hall–Kier alpha value is -0.590. The molecule has 0 amide bonds. The first-order valence-corrected chi connectivity index (χ1v) is 6.43. The van der Waals surface area contributed by atoms with Crippen LogP contribution in [0, 0.1) is 6.92 Å². The Morgan fingerprint density at radius 2 is 2.15 bits per heavy atom. The maximum Gasteiger partial charge on any atom is 0.229 e. The summed E-state index contributed by atoms with van der Waals surface area (Å²) in [6.07, 6.45) is 0. The van der Waals surface area contributed by atoms with E-state index in [9.17, 15) is 4.57 Å². The minimum atomic E-state index is -2.57. The van der Waals surface area contributed by atoms with Crippen molar-refractivity contribution < 1.29 is 9.09 Å². The molecule has 0 aliphatic carbocycles. The zero-order valence-corrected chi connectivity index (χ0v) is 9.17. The van der Waals surface area contributed by atoms with Gasteiger partial charge < -0.3 is 4.52 Å². The lowest BCUT2D eigenvalue weighted by atomic mass is 10.2. The molecule has 0 fully saturated rings. The number of hydrogen-bond acceptors (Lipinski definition) is 2. The van der Waals surface area contributed by atoms with Gasteiger partial charge in [0.15, 0.2) is 0 Å². The average molecular weight is 198 g/mol. The van der Waals surface area contributed by atoms with Gasteiger partial charge in [-0.15, -0.1) is 0 Å². The van der Waals surface area contributed by atoms with Crippen LogP contribution in [0.3, 0.4) is 0 Å². The molecule has 0 aromatic heterocycles. The third kappa shape index (κ3) is 2.68. The highest BCUT2D eigenvalue weighted by Gasteiger charge is 2.17. The molecule has 0 heterocycles. The Morgan fingerprint density at radius 3 is 2.69 bits per heavy atom. The van der Waals surface area contributed by atoms with Gasteiger partial charge in [0.1, 0.15) is 0 Å². The highest BCUT2D eigenvalue weighted by atomic mass is 31.2. The highest BCUT2D eigenvalue weighted by Crippen LogP contribution is 2.40. The molecule has 0 bridgehead atoms. The van der Waals surface area contributed by atoms with Gasteiger partial charge in [-0.25, -0.2) is 0 Å². The summed E-state index contributed by atoms with van der Waals surface area (Å²) < 4.78 is 17.2. The van der Waals surface area contributed by atoms with E-state index in [1.807, 2.05) is 38.1 Å². The van der Waals surface area contributed by atoms with Crippen molar-refractivity contribution in [1.29, 1.82) is 0 Å². The first kappa shape index (κ1) is 10.5. The monoisotopic (exact) mass is 198 g/mol. The first-order chi connectivity index (χ1) is 6.06. The topological polar surface area (TPSA) is 26.3 Å². The maximum absolute atomic E-state index is 11.9. The quantitative estimate of drug-likeness (QED) is 0.698. The van der Waals surface area contributed by atoms with Crippen LogP contribution >= 0.6 is 7.37 Å². The van der Waals surface area contributed by atoms with Crippen LogP contribution in [-0.4, -0.2) is 13.3 Å². The molecule has 2 nitrogen and oxygen atoms in total. The molecular weight excluding hydrogens is 183 g/mol. The van der Waals surface area contributed by atoms with Crippen LogP contribution in [0.25, 0.3) is 0 Å². The minimum absolute atomic E-state index is 0.488. The molecule has 0 aliphatic rings. The molecular formula is C10H15O2P. The summed E-state index contributed by atoms with van der Waals surface area (Å²) in [5.74, 6) is 0. The van der Waals surface area contributed by atoms with E-state index in [1.165, 1.54) is 0 Å². The fraction of sp³-hybridized carbons (Fsp3) is 0.400. The Labute approximate surface area is 79.4 Å². The molecule has 0 saturated carbocycles. The van der Waals surface area contributed by atoms with E-state index in [4.69, 9.17) is 4.52 Å². The summed E-state index contributed by atoms with van der Waals surface area (Å²) in [6.45, 7) is 5.98. The van der Waals surface area contributed by atoms with Crippen LogP contribution in [0.2, 0.25) is 0 Å². The molecule has 1 unspecified atom stereocenters. The first-order valence-electron chi connectivity index (χ1n) is 4.35. The lowest BCUT2D eigenvalue weighted by Crippen LogP contribution is -2.06. The van der Waals surface area contributed by atoms with Gasteiger partial charge in [-0.2, -0.15) is 0 Å². The van der Waals surface area contributed by atoms with Gasteiger partial charge >= 0.3 is 0 Å². The molecule has 1 aromatic rings. The Bertz CT molecular complexity index is 333. The number of aryl methyl sites for hydroxylation is 1. The molecule has 1 atom stereocenters. The van der Waals surface area contributed by atoms with E-state index >= 15 is 0 Å². The number of benzene rings is 1. The van der Waals surface area contributed by atoms with Crippen molar-refractivity contribution in [1.82, 2.24) is 0 Å². The third-order valence-electron chi connectivity index (χ3n) is 1.85. The molecule has 13 heavy (non-hydrogen) atoms. The Balaban J connectivity index is 3.00. The van der Waals surface area contributed by atoms with Crippen molar-refractivity contribution in [2.24, 2.45) is 0 Å². The third-order valence-corrected chi connectivity index (χ3v) is 3.81. The van der Waals surface area contributed by atoms with E-state index in [0.717, 1.165) is 10.9 Å². The minimum Gasteiger partial charge on any atom is -0.326 e. The van der Waals surface area contributed by atoms with Gasteiger partial charge in [0.25, 0.3) is 0 Å². The summed E-state index contributed by atoms with van der Waals surface area (Å²) in [5, 5.41) is 0.800. The van der Waals surface area contributed by atoms with E-state index in [2.05, 4.69) is 0 Å². The summed E-state index contributed by atoms with van der Waals surface area (Å²) in [6, 6.07) is 7.65. The Kier molecular flexibility index (Phi) is 3.29. The van der Waals surface area contributed by atoms with Gasteiger partial charge in [-0.1, -0.05) is 17.7 Å². The van der Waals surface area contributed by atoms with Gasteiger partial charge in [-0.05, 0) is 26.0 Å². The fourth-order valence-electron chi connectivity index (χ4n) is 1.20. The second-order valence-electron chi connectivity index (χ2n) is 3.10. The second kappa shape index (κ2) is 4.08. The predicted molar refractivity (Wildman–Crippen MR) is 56.0 cm³/mol. The van der Waals surface area contributed by atoms with E-state index in [1.54, 1.807) is 6.66 Å². The van der Waals surface area contributed by atoms with Crippen LogP contribution in [-0.2, 0) is 9.09 Å². The summed E-state index contributed by atoms with van der Waals surface area (Å²) in [5.41, 5.74) is 1.11. The fourth-order valence-corrected chi connectivity index (χ4v) is 2.64. The van der Waals surface area contributed by atoms with E-state index in [0.29, 0.717) is 6.61 Å². The summed E-state index contributed by atoms with van der Waals surface area (Å²) in [7, 11) is -2.57. The van der Waals surface area contributed by atoms with Gasteiger partial charge in [0, 0.05) is 12.0 Å².